The fourth-order valence-electron chi connectivity index (χ4n) is 2.60. The van der Waals surface area contributed by atoms with E-state index >= 15 is 0 Å². The monoisotopic (exact) mass is 364 g/mol. The molecule has 1 N–H and O–H groups in total. The van der Waals surface area contributed by atoms with Crippen LogP contribution in [0.5, 0.6) is 5.75 Å². The van der Waals surface area contributed by atoms with Gasteiger partial charge in [0.2, 0.25) is 0 Å². The van der Waals surface area contributed by atoms with Gasteiger partial charge in [0.15, 0.2) is 6.10 Å². The fourth-order valence-corrected chi connectivity index (χ4v) is 2.60. The third-order valence-corrected chi connectivity index (χ3v) is 4.14. The molecule has 0 radical (unpaired) electrons. The Morgan fingerprint density at radius 3 is 2.52 bits per heavy atom. The lowest BCUT2D eigenvalue weighted by atomic mass is 10.1. The number of fused-ring (bicyclic) bond motifs is 1. The molecule has 0 saturated heterocycles. The molecule has 1 amide bonds. The Bertz CT molecular complexity index is 909. The topological polar surface area (TPSA) is 67.3 Å². The molecule has 2 aromatic carbocycles. The van der Waals surface area contributed by atoms with E-state index in [4.69, 9.17) is 4.74 Å². The summed E-state index contributed by atoms with van der Waals surface area (Å²) in [6.45, 7) is 3.13. The summed E-state index contributed by atoms with van der Waals surface area (Å²) < 4.78 is 5.73. The third-order valence-electron chi connectivity index (χ3n) is 4.14. The zero-order valence-electron chi connectivity index (χ0n) is 15.8. The first-order valence-corrected chi connectivity index (χ1v) is 8.94. The molecule has 0 saturated carbocycles. The number of nitrogens with zero attached hydrogens (tertiary/aromatic N) is 3. The van der Waals surface area contributed by atoms with Crippen molar-refractivity contribution in [2.24, 2.45) is 0 Å². The van der Waals surface area contributed by atoms with Gasteiger partial charge in [0, 0.05) is 18.7 Å². The maximum atomic E-state index is 12.1. The van der Waals surface area contributed by atoms with Gasteiger partial charge in [-0.05, 0) is 57.4 Å². The van der Waals surface area contributed by atoms with Crippen molar-refractivity contribution in [1.82, 2.24) is 20.2 Å². The van der Waals surface area contributed by atoms with E-state index < -0.39 is 6.10 Å². The van der Waals surface area contributed by atoms with Gasteiger partial charge < -0.3 is 15.0 Å². The molecule has 3 rings (SSSR count). The van der Waals surface area contributed by atoms with E-state index in [9.17, 15) is 4.79 Å². The lowest BCUT2D eigenvalue weighted by Gasteiger charge is -2.16. The number of para-hydroxylation sites is 2. The van der Waals surface area contributed by atoms with Gasteiger partial charge in [0.05, 0.1) is 22.9 Å². The summed E-state index contributed by atoms with van der Waals surface area (Å²) in [6.07, 6.45) is 1.21. The number of benzene rings is 2. The predicted molar refractivity (Wildman–Crippen MR) is 107 cm³/mol. The molecule has 27 heavy (non-hydrogen) atoms. The van der Waals surface area contributed by atoms with E-state index in [2.05, 4.69) is 15.3 Å². The molecule has 1 aromatic heterocycles. The molecular formula is C21H24N4O2. The Balaban J connectivity index is 1.63. The smallest absolute Gasteiger partial charge is 0.260 e. The molecule has 1 unspecified atom stereocenters. The van der Waals surface area contributed by atoms with Crippen LogP contribution in [0.15, 0.2) is 54.7 Å². The third kappa shape index (κ3) is 5.01. The van der Waals surface area contributed by atoms with Gasteiger partial charge in [-0.15, -0.1) is 0 Å². The van der Waals surface area contributed by atoms with Gasteiger partial charge in [0.1, 0.15) is 5.75 Å². The molecule has 0 spiro atoms. The number of nitrogens with one attached hydrogen (secondary N) is 1. The molecule has 3 aromatic rings. The van der Waals surface area contributed by atoms with Crippen LogP contribution < -0.4 is 10.1 Å². The normalized spacial score (nSPS) is 12.1. The van der Waals surface area contributed by atoms with Crippen LogP contribution in [0.2, 0.25) is 0 Å². The van der Waals surface area contributed by atoms with E-state index in [1.54, 1.807) is 13.1 Å². The minimum Gasteiger partial charge on any atom is -0.481 e. The molecule has 1 heterocycles. The van der Waals surface area contributed by atoms with Crippen molar-refractivity contribution >= 4 is 16.9 Å². The van der Waals surface area contributed by atoms with Gasteiger partial charge in [-0.3, -0.25) is 9.78 Å². The minimum absolute atomic E-state index is 0.124. The second-order valence-electron chi connectivity index (χ2n) is 6.62. The van der Waals surface area contributed by atoms with Crippen molar-refractivity contribution in [2.75, 3.05) is 27.2 Å². The van der Waals surface area contributed by atoms with Gasteiger partial charge in [-0.25, -0.2) is 4.98 Å². The van der Waals surface area contributed by atoms with E-state index in [1.807, 2.05) is 67.5 Å². The molecule has 0 fully saturated rings. The van der Waals surface area contributed by atoms with Crippen molar-refractivity contribution in [1.29, 1.82) is 0 Å². The number of ether oxygens (including phenoxy) is 1. The van der Waals surface area contributed by atoms with E-state index in [1.165, 1.54) is 0 Å². The van der Waals surface area contributed by atoms with Gasteiger partial charge >= 0.3 is 0 Å². The molecule has 0 aliphatic heterocycles. The zero-order chi connectivity index (χ0) is 19.2. The zero-order valence-corrected chi connectivity index (χ0v) is 15.8. The first-order valence-electron chi connectivity index (χ1n) is 8.94. The summed E-state index contributed by atoms with van der Waals surface area (Å²) in [5.74, 6) is 0.518. The highest BCUT2D eigenvalue weighted by Gasteiger charge is 2.14. The van der Waals surface area contributed by atoms with Crippen molar-refractivity contribution in [3.05, 3.63) is 54.7 Å². The number of hydrogen-bond acceptors (Lipinski definition) is 5. The van der Waals surface area contributed by atoms with Crippen molar-refractivity contribution in [2.45, 2.75) is 13.0 Å². The number of hydrogen-bond donors (Lipinski definition) is 1. The SMILES string of the molecule is CC(Oc1ccc(-c2cnc3ccccc3n2)cc1)C(=O)NCCN(C)C. The second kappa shape index (κ2) is 8.60. The minimum atomic E-state index is -0.557. The Morgan fingerprint density at radius 1 is 1.11 bits per heavy atom. The summed E-state index contributed by atoms with van der Waals surface area (Å²) in [6, 6.07) is 15.3. The van der Waals surface area contributed by atoms with Crippen LogP contribution in [0, 0.1) is 0 Å². The summed E-state index contributed by atoms with van der Waals surface area (Å²) >= 11 is 0. The number of rotatable bonds is 7. The predicted octanol–water partition coefficient (Wildman–Crippen LogP) is 2.74. The lowest BCUT2D eigenvalue weighted by molar-refractivity contribution is -0.127. The molecule has 0 bridgehead atoms. The second-order valence-corrected chi connectivity index (χ2v) is 6.62. The summed E-state index contributed by atoms with van der Waals surface area (Å²) in [5, 5.41) is 2.86. The molecule has 1 atom stereocenters. The van der Waals surface area contributed by atoms with Gasteiger partial charge in [-0.2, -0.15) is 0 Å². The van der Waals surface area contributed by atoms with Crippen LogP contribution in [0.1, 0.15) is 6.92 Å². The average molecular weight is 364 g/mol. The Labute approximate surface area is 159 Å². The summed E-state index contributed by atoms with van der Waals surface area (Å²) in [4.78, 5) is 23.2. The van der Waals surface area contributed by atoms with Crippen molar-refractivity contribution in [3.8, 4) is 17.0 Å². The quantitative estimate of drug-likeness (QED) is 0.698. The number of likely N-dealkylation sites (N-methyl/N-ethyl adjacent to an activating group) is 1. The van der Waals surface area contributed by atoms with E-state index in [0.29, 0.717) is 12.3 Å². The van der Waals surface area contributed by atoms with Crippen LogP contribution in [-0.4, -0.2) is 54.1 Å². The highest BCUT2D eigenvalue weighted by atomic mass is 16.5. The van der Waals surface area contributed by atoms with Gasteiger partial charge in [0.25, 0.3) is 5.91 Å². The van der Waals surface area contributed by atoms with Crippen LogP contribution in [0.4, 0.5) is 0 Å². The standard InChI is InChI=1S/C21H24N4O2/c1-15(21(26)22-12-13-25(2)3)27-17-10-8-16(9-11-17)20-14-23-18-6-4-5-7-19(18)24-20/h4-11,14-15H,12-13H2,1-3H3,(H,22,26). The average Bonchev–Trinajstić information content (AvgIpc) is 2.67. The summed E-state index contributed by atoms with van der Waals surface area (Å²) in [5.41, 5.74) is 3.48. The molecule has 0 aliphatic carbocycles. The Kier molecular flexibility index (Phi) is 5.98. The molecular weight excluding hydrogens is 340 g/mol. The van der Waals surface area contributed by atoms with Crippen LogP contribution >= 0.6 is 0 Å². The fraction of sp³-hybridized carbons (Fsp3) is 0.286. The highest BCUT2D eigenvalue weighted by molar-refractivity contribution is 5.80. The van der Waals surface area contributed by atoms with E-state index in [-0.39, 0.29) is 5.91 Å². The Hall–Kier alpha value is -2.99. The van der Waals surface area contributed by atoms with Crippen LogP contribution in [0.3, 0.4) is 0 Å². The maximum Gasteiger partial charge on any atom is 0.260 e. The van der Waals surface area contributed by atoms with Crippen LogP contribution in [0.25, 0.3) is 22.3 Å². The Morgan fingerprint density at radius 2 is 1.81 bits per heavy atom. The first kappa shape index (κ1) is 18.8. The van der Waals surface area contributed by atoms with E-state index in [0.717, 1.165) is 28.8 Å². The highest BCUT2D eigenvalue weighted by Crippen LogP contribution is 2.22. The largest absolute Gasteiger partial charge is 0.481 e. The molecule has 6 heteroatoms. The maximum absolute atomic E-state index is 12.1. The number of carbonyl (C=O) groups is 1. The number of aromatic nitrogens is 2. The molecule has 6 nitrogen and oxygen atoms in total. The summed E-state index contributed by atoms with van der Waals surface area (Å²) in [7, 11) is 3.93. The molecule has 0 aliphatic rings. The first-order chi connectivity index (χ1) is 13.0. The van der Waals surface area contributed by atoms with Crippen molar-refractivity contribution < 1.29 is 9.53 Å². The number of amides is 1. The molecule has 140 valence electrons. The van der Waals surface area contributed by atoms with Crippen LogP contribution in [-0.2, 0) is 4.79 Å². The van der Waals surface area contributed by atoms with Gasteiger partial charge in [-0.1, -0.05) is 12.1 Å². The van der Waals surface area contributed by atoms with Crippen molar-refractivity contribution in [3.63, 3.8) is 0 Å². The number of carbonyl (C=O) groups excluding carboxylic acids is 1. The lowest BCUT2D eigenvalue weighted by Crippen LogP contribution is -2.39.